The van der Waals surface area contributed by atoms with Gasteiger partial charge in [-0.1, -0.05) is 12.8 Å². The standard InChI is InChI=1S/C29H52N6O12/c30-35-22(29(44)45)7-5-6-14-31-24(37)11-10-21(28(42)43)34-26(39)13-12-25(38)33-16-18-47-20-19-46-17-15-32-23(36)8-3-1-2-4-9-27(40)41/h21-22,35H,1-20,30H2,(H,31,37)(H,32,36)(H,33,38)(H,34,39)(H,40,41)(H,42,43)(H,44,45)/t21-,22-/m0/s1. The Morgan fingerprint density at radius 1 is 0.511 bits per heavy atom. The van der Waals surface area contributed by atoms with Crippen molar-refractivity contribution in [3.63, 3.8) is 0 Å². The fourth-order valence-electron chi connectivity index (χ4n) is 4.03. The van der Waals surface area contributed by atoms with Crippen LogP contribution in [0.3, 0.4) is 0 Å². The third-order valence-corrected chi connectivity index (χ3v) is 6.67. The molecule has 270 valence electrons. The molecule has 0 heterocycles. The minimum Gasteiger partial charge on any atom is -0.481 e. The smallest absolute Gasteiger partial charge is 0.326 e. The number of nitrogens with one attached hydrogen (secondary N) is 5. The van der Waals surface area contributed by atoms with Crippen molar-refractivity contribution >= 4 is 41.5 Å². The van der Waals surface area contributed by atoms with Gasteiger partial charge in [-0.3, -0.25) is 34.6 Å². The van der Waals surface area contributed by atoms with E-state index < -0.39 is 47.7 Å². The molecule has 0 bridgehead atoms. The summed E-state index contributed by atoms with van der Waals surface area (Å²) in [6, 6.07) is -2.18. The Hall–Kier alpha value is -3.87. The molecular weight excluding hydrogens is 624 g/mol. The summed E-state index contributed by atoms with van der Waals surface area (Å²) in [5, 5.41) is 37.1. The van der Waals surface area contributed by atoms with Crippen LogP contribution in [0.15, 0.2) is 0 Å². The fraction of sp³-hybridized carbons (Fsp3) is 0.759. The van der Waals surface area contributed by atoms with Crippen LogP contribution in [0, 0.1) is 0 Å². The van der Waals surface area contributed by atoms with E-state index in [1.807, 2.05) is 0 Å². The molecular formula is C29H52N6O12. The third-order valence-electron chi connectivity index (χ3n) is 6.67. The minimum atomic E-state index is -1.31. The van der Waals surface area contributed by atoms with Gasteiger partial charge in [0, 0.05) is 51.7 Å². The van der Waals surface area contributed by atoms with Gasteiger partial charge < -0.3 is 46.1 Å². The number of hydrogen-bond donors (Lipinski definition) is 9. The molecule has 0 saturated carbocycles. The van der Waals surface area contributed by atoms with Gasteiger partial charge in [0.05, 0.1) is 26.4 Å². The largest absolute Gasteiger partial charge is 0.481 e. The SMILES string of the molecule is NN[C@@H](CCCCNC(=O)CC[C@H](NC(=O)CCC(=O)NCCOCCOCCNC(=O)CCCCCCC(=O)O)C(=O)O)C(=O)O. The highest BCUT2D eigenvalue weighted by Gasteiger charge is 2.21. The number of hydrogen-bond acceptors (Lipinski definition) is 11. The highest BCUT2D eigenvalue weighted by molar-refractivity contribution is 5.87. The number of carboxylic acid groups (broad SMARTS) is 3. The number of nitrogens with two attached hydrogens (primary N) is 1. The van der Waals surface area contributed by atoms with E-state index >= 15 is 0 Å². The van der Waals surface area contributed by atoms with Crippen molar-refractivity contribution in [1.82, 2.24) is 26.7 Å². The molecule has 0 aliphatic heterocycles. The molecule has 0 fully saturated rings. The molecule has 18 nitrogen and oxygen atoms in total. The molecule has 0 aromatic carbocycles. The van der Waals surface area contributed by atoms with Crippen molar-refractivity contribution < 1.29 is 58.4 Å². The Labute approximate surface area is 274 Å². The quantitative estimate of drug-likeness (QED) is 0.0242. The topological polar surface area (TPSA) is 285 Å². The van der Waals surface area contributed by atoms with E-state index in [4.69, 9.17) is 25.5 Å². The van der Waals surface area contributed by atoms with E-state index in [9.17, 15) is 38.7 Å². The van der Waals surface area contributed by atoms with Gasteiger partial charge in [-0.15, -0.1) is 0 Å². The first-order chi connectivity index (χ1) is 22.5. The van der Waals surface area contributed by atoms with Crippen molar-refractivity contribution in [3.8, 4) is 0 Å². The van der Waals surface area contributed by atoms with Crippen LogP contribution in [0.2, 0.25) is 0 Å². The second-order valence-corrected chi connectivity index (χ2v) is 10.6. The molecule has 0 spiro atoms. The van der Waals surface area contributed by atoms with Crippen LogP contribution >= 0.6 is 0 Å². The van der Waals surface area contributed by atoms with Gasteiger partial charge in [0.1, 0.15) is 12.1 Å². The van der Waals surface area contributed by atoms with E-state index in [1.54, 1.807) is 0 Å². The molecule has 0 unspecified atom stereocenters. The van der Waals surface area contributed by atoms with Crippen LogP contribution in [0.25, 0.3) is 0 Å². The number of amides is 4. The van der Waals surface area contributed by atoms with Crippen LogP contribution in [0.1, 0.15) is 83.5 Å². The van der Waals surface area contributed by atoms with E-state index in [-0.39, 0.29) is 70.7 Å². The molecule has 0 aromatic rings. The molecule has 0 rings (SSSR count). The van der Waals surface area contributed by atoms with Gasteiger partial charge in [0.25, 0.3) is 0 Å². The van der Waals surface area contributed by atoms with Crippen molar-refractivity contribution in [1.29, 1.82) is 0 Å². The molecule has 47 heavy (non-hydrogen) atoms. The van der Waals surface area contributed by atoms with Crippen LogP contribution in [0.5, 0.6) is 0 Å². The van der Waals surface area contributed by atoms with Gasteiger partial charge in [-0.2, -0.15) is 0 Å². The van der Waals surface area contributed by atoms with Gasteiger partial charge in [-0.25, -0.2) is 10.2 Å². The zero-order chi connectivity index (χ0) is 35.3. The first-order valence-corrected chi connectivity index (χ1v) is 15.8. The monoisotopic (exact) mass is 676 g/mol. The number of aliphatic carboxylic acids is 3. The summed E-state index contributed by atoms with van der Waals surface area (Å²) < 4.78 is 10.7. The summed E-state index contributed by atoms with van der Waals surface area (Å²) in [5.74, 6) is 0.392. The number of unbranched alkanes of at least 4 members (excludes halogenated alkanes) is 4. The Kier molecular flexibility index (Phi) is 26.0. The van der Waals surface area contributed by atoms with Crippen molar-refractivity contribution in [2.24, 2.45) is 5.84 Å². The van der Waals surface area contributed by atoms with Gasteiger partial charge in [0.2, 0.25) is 23.6 Å². The van der Waals surface area contributed by atoms with E-state index in [0.717, 1.165) is 12.8 Å². The van der Waals surface area contributed by atoms with Crippen LogP contribution < -0.4 is 32.5 Å². The number of carbonyl (C=O) groups is 7. The van der Waals surface area contributed by atoms with Gasteiger partial charge in [-0.05, 0) is 38.5 Å². The lowest BCUT2D eigenvalue weighted by molar-refractivity contribution is -0.142. The summed E-state index contributed by atoms with van der Waals surface area (Å²) >= 11 is 0. The van der Waals surface area contributed by atoms with Gasteiger partial charge in [0.15, 0.2) is 0 Å². The first-order valence-electron chi connectivity index (χ1n) is 15.8. The molecule has 18 heteroatoms. The summed E-state index contributed by atoms with van der Waals surface area (Å²) in [5.41, 5.74) is 2.18. The Morgan fingerprint density at radius 3 is 1.57 bits per heavy atom. The predicted molar refractivity (Wildman–Crippen MR) is 167 cm³/mol. The number of ether oxygens (including phenoxy) is 2. The lowest BCUT2D eigenvalue weighted by Gasteiger charge is -2.15. The lowest BCUT2D eigenvalue weighted by Crippen LogP contribution is -2.42. The normalized spacial score (nSPS) is 12.0. The summed E-state index contributed by atoms with van der Waals surface area (Å²) in [6.45, 7) is 1.92. The molecule has 4 amide bonds. The Balaban J connectivity index is 3.83. The number of carboxylic acids is 3. The van der Waals surface area contributed by atoms with Crippen molar-refractivity contribution in [2.45, 2.75) is 95.6 Å². The predicted octanol–water partition coefficient (Wildman–Crippen LogP) is -0.990. The second-order valence-electron chi connectivity index (χ2n) is 10.6. The van der Waals surface area contributed by atoms with E-state index in [1.165, 1.54) is 0 Å². The highest BCUT2D eigenvalue weighted by atomic mass is 16.5. The van der Waals surface area contributed by atoms with Crippen LogP contribution in [0.4, 0.5) is 0 Å². The van der Waals surface area contributed by atoms with Crippen molar-refractivity contribution in [3.05, 3.63) is 0 Å². The molecule has 0 aromatic heterocycles. The maximum atomic E-state index is 12.2. The minimum absolute atomic E-state index is 0.0844. The zero-order valence-electron chi connectivity index (χ0n) is 26.9. The molecule has 10 N–H and O–H groups in total. The average Bonchev–Trinajstić information content (AvgIpc) is 3.01. The van der Waals surface area contributed by atoms with Gasteiger partial charge >= 0.3 is 17.9 Å². The number of carbonyl (C=O) groups excluding carboxylic acids is 4. The highest BCUT2D eigenvalue weighted by Crippen LogP contribution is 2.05. The summed E-state index contributed by atoms with van der Waals surface area (Å²) in [4.78, 5) is 80.7. The number of hydrazine groups is 1. The fourth-order valence-corrected chi connectivity index (χ4v) is 4.03. The molecule has 0 saturated heterocycles. The van der Waals surface area contributed by atoms with Crippen LogP contribution in [-0.2, 0) is 43.0 Å². The third kappa shape index (κ3) is 27.0. The average molecular weight is 677 g/mol. The van der Waals surface area contributed by atoms with E-state index in [0.29, 0.717) is 51.9 Å². The first kappa shape index (κ1) is 43.1. The van der Waals surface area contributed by atoms with Crippen LogP contribution in [-0.4, -0.2) is 115 Å². The maximum absolute atomic E-state index is 12.2. The number of rotatable bonds is 31. The maximum Gasteiger partial charge on any atom is 0.326 e. The molecule has 0 aliphatic rings. The zero-order valence-corrected chi connectivity index (χ0v) is 26.9. The molecule has 0 radical (unpaired) electrons. The lowest BCUT2D eigenvalue weighted by atomic mass is 10.1. The van der Waals surface area contributed by atoms with Crippen molar-refractivity contribution in [2.75, 3.05) is 46.1 Å². The Bertz CT molecular complexity index is 968. The van der Waals surface area contributed by atoms with E-state index in [2.05, 4.69) is 26.7 Å². The summed E-state index contributed by atoms with van der Waals surface area (Å²) in [6.07, 6.45) is 4.01. The summed E-state index contributed by atoms with van der Waals surface area (Å²) in [7, 11) is 0. The second kappa shape index (κ2) is 28.4. The molecule has 2 atom stereocenters. The molecule has 0 aliphatic carbocycles. The Morgan fingerprint density at radius 2 is 1.02 bits per heavy atom.